The minimum absolute atomic E-state index is 0.0630. The van der Waals surface area contributed by atoms with Crippen molar-refractivity contribution in [3.05, 3.63) is 64.7 Å². The highest BCUT2D eigenvalue weighted by Crippen LogP contribution is 2.39. The van der Waals surface area contributed by atoms with E-state index in [1.165, 1.54) is 0 Å². The first-order valence-electron chi connectivity index (χ1n) is 10.7. The second-order valence-corrected chi connectivity index (χ2v) is 8.25. The van der Waals surface area contributed by atoms with Crippen molar-refractivity contribution >= 4 is 29.3 Å². The molecule has 0 aliphatic carbocycles. The van der Waals surface area contributed by atoms with E-state index in [4.69, 9.17) is 16.3 Å². The summed E-state index contributed by atoms with van der Waals surface area (Å²) in [6.45, 7) is 2.64. The first-order valence-corrected chi connectivity index (χ1v) is 11.1. The molecule has 1 aliphatic rings. The van der Waals surface area contributed by atoms with Gasteiger partial charge in [-0.3, -0.25) is 25.2 Å². The molecule has 1 aliphatic heterocycles. The summed E-state index contributed by atoms with van der Waals surface area (Å²) in [4.78, 5) is 39.7. The third kappa shape index (κ3) is 5.79. The van der Waals surface area contributed by atoms with E-state index in [2.05, 4.69) is 17.8 Å². The van der Waals surface area contributed by atoms with Crippen LogP contribution in [0.15, 0.2) is 48.5 Å². The predicted octanol–water partition coefficient (Wildman–Crippen LogP) is 3.43. The van der Waals surface area contributed by atoms with Gasteiger partial charge in [0.1, 0.15) is 5.75 Å². The molecule has 0 saturated carbocycles. The molecule has 0 radical (unpaired) electrons. The Kier molecular flexibility index (Phi) is 8.11. The van der Waals surface area contributed by atoms with Crippen molar-refractivity contribution in [1.29, 1.82) is 0 Å². The molecule has 1 fully saturated rings. The Labute approximate surface area is 193 Å². The lowest BCUT2D eigenvalue weighted by atomic mass is 9.93. The fourth-order valence-electron chi connectivity index (χ4n) is 3.89. The smallest absolute Gasteiger partial charge is 0.244 e. The van der Waals surface area contributed by atoms with Crippen LogP contribution in [0.4, 0.5) is 0 Å². The van der Waals surface area contributed by atoms with Crippen LogP contribution in [0.2, 0.25) is 5.02 Å². The zero-order valence-corrected chi connectivity index (χ0v) is 19.0. The number of carbonyl (C=O) groups is 3. The van der Waals surface area contributed by atoms with E-state index >= 15 is 0 Å². The molecule has 0 aromatic heterocycles. The average Bonchev–Trinajstić information content (AvgIpc) is 3.13. The Balaban J connectivity index is 1.69. The number of halogens is 1. The first kappa shape index (κ1) is 23.6. The molecule has 2 N–H and O–H groups in total. The molecule has 2 atom stereocenters. The molecule has 170 valence electrons. The third-order valence-electron chi connectivity index (χ3n) is 5.58. The molecule has 2 unspecified atom stereocenters. The SMILES string of the molecule is CCCCN1C(=O)CC(C(=O)NNC(=O)Cc2ccc(Cl)cc2)C1c1ccc(OC)cc1. The van der Waals surface area contributed by atoms with Crippen LogP contribution in [0.5, 0.6) is 5.75 Å². The molecular weight excluding hydrogens is 430 g/mol. The zero-order valence-electron chi connectivity index (χ0n) is 18.3. The molecule has 0 bridgehead atoms. The van der Waals surface area contributed by atoms with Gasteiger partial charge in [0, 0.05) is 18.0 Å². The number of methoxy groups -OCH3 is 1. The van der Waals surface area contributed by atoms with Crippen LogP contribution in [0.3, 0.4) is 0 Å². The number of likely N-dealkylation sites (tertiary alicyclic amines) is 1. The van der Waals surface area contributed by atoms with Gasteiger partial charge < -0.3 is 9.64 Å². The Morgan fingerprint density at radius 3 is 2.41 bits per heavy atom. The monoisotopic (exact) mass is 457 g/mol. The van der Waals surface area contributed by atoms with Crippen LogP contribution in [0.1, 0.15) is 43.4 Å². The number of nitrogens with one attached hydrogen (secondary N) is 2. The standard InChI is InChI=1S/C24H28ClN3O4/c1-3-4-13-28-22(30)15-20(23(28)17-7-11-19(32-2)12-8-17)24(31)27-26-21(29)14-16-5-9-18(25)10-6-16/h5-12,20,23H,3-4,13-15H2,1-2H3,(H,26,29)(H,27,31). The van der Waals surface area contributed by atoms with Crippen LogP contribution >= 0.6 is 11.6 Å². The van der Waals surface area contributed by atoms with Gasteiger partial charge in [-0.15, -0.1) is 0 Å². The molecule has 1 heterocycles. The summed E-state index contributed by atoms with van der Waals surface area (Å²) in [6, 6.07) is 13.9. The summed E-state index contributed by atoms with van der Waals surface area (Å²) in [5.41, 5.74) is 6.61. The number of rotatable bonds is 8. The van der Waals surface area contributed by atoms with Crippen LogP contribution in [0.25, 0.3) is 0 Å². The number of hydrogen-bond donors (Lipinski definition) is 2. The maximum Gasteiger partial charge on any atom is 0.244 e. The summed E-state index contributed by atoms with van der Waals surface area (Å²) >= 11 is 5.86. The minimum Gasteiger partial charge on any atom is -0.497 e. The van der Waals surface area contributed by atoms with E-state index in [0.29, 0.717) is 17.3 Å². The largest absolute Gasteiger partial charge is 0.497 e. The summed E-state index contributed by atoms with van der Waals surface area (Å²) < 4.78 is 5.22. The molecule has 7 nitrogen and oxygen atoms in total. The second-order valence-electron chi connectivity index (χ2n) is 7.81. The summed E-state index contributed by atoms with van der Waals surface area (Å²) in [7, 11) is 1.59. The number of nitrogens with zero attached hydrogens (tertiary/aromatic N) is 1. The second kappa shape index (κ2) is 11.0. The third-order valence-corrected chi connectivity index (χ3v) is 5.83. The van der Waals surface area contributed by atoms with Crippen molar-refractivity contribution < 1.29 is 19.1 Å². The lowest BCUT2D eigenvalue weighted by molar-refractivity contribution is -0.131. The van der Waals surface area contributed by atoms with E-state index in [9.17, 15) is 14.4 Å². The maximum absolute atomic E-state index is 13.0. The van der Waals surface area contributed by atoms with Crippen molar-refractivity contribution in [2.45, 2.75) is 38.6 Å². The summed E-state index contributed by atoms with van der Waals surface area (Å²) in [5.74, 6) is -0.708. The Bertz CT molecular complexity index is 947. The van der Waals surface area contributed by atoms with Crippen molar-refractivity contribution in [3.63, 3.8) is 0 Å². The lowest BCUT2D eigenvalue weighted by Crippen LogP contribution is -2.46. The van der Waals surface area contributed by atoms with Crippen molar-refractivity contribution in [2.75, 3.05) is 13.7 Å². The van der Waals surface area contributed by atoms with Crippen LogP contribution in [0, 0.1) is 5.92 Å². The topological polar surface area (TPSA) is 87.7 Å². The van der Waals surface area contributed by atoms with E-state index in [-0.39, 0.29) is 30.6 Å². The lowest BCUT2D eigenvalue weighted by Gasteiger charge is -2.28. The van der Waals surface area contributed by atoms with E-state index < -0.39 is 12.0 Å². The molecule has 8 heteroatoms. The van der Waals surface area contributed by atoms with Gasteiger partial charge in [-0.05, 0) is 41.8 Å². The first-order chi connectivity index (χ1) is 15.4. The Morgan fingerprint density at radius 2 is 1.78 bits per heavy atom. The van der Waals surface area contributed by atoms with Crippen LogP contribution in [-0.4, -0.2) is 36.3 Å². The number of benzene rings is 2. The molecule has 32 heavy (non-hydrogen) atoms. The van der Waals surface area contributed by atoms with Gasteiger partial charge in [-0.25, -0.2) is 0 Å². The average molecular weight is 458 g/mol. The highest BCUT2D eigenvalue weighted by molar-refractivity contribution is 6.30. The Hall–Kier alpha value is -3.06. The van der Waals surface area contributed by atoms with Crippen molar-refractivity contribution in [3.8, 4) is 5.75 Å². The Morgan fingerprint density at radius 1 is 1.09 bits per heavy atom. The summed E-state index contributed by atoms with van der Waals surface area (Å²) in [5, 5.41) is 0.588. The highest BCUT2D eigenvalue weighted by atomic mass is 35.5. The van der Waals surface area contributed by atoms with Crippen molar-refractivity contribution in [2.24, 2.45) is 5.92 Å². The molecule has 1 saturated heterocycles. The van der Waals surface area contributed by atoms with Gasteiger partial charge in [-0.1, -0.05) is 49.2 Å². The summed E-state index contributed by atoms with van der Waals surface area (Å²) in [6.07, 6.45) is 1.99. The molecule has 2 aromatic rings. The normalized spacial score (nSPS) is 17.8. The van der Waals surface area contributed by atoms with Gasteiger partial charge >= 0.3 is 0 Å². The number of ether oxygens (including phenoxy) is 1. The number of hydrogen-bond acceptors (Lipinski definition) is 4. The van der Waals surface area contributed by atoms with E-state index in [1.54, 1.807) is 36.3 Å². The number of carbonyl (C=O) groups excluding carboxylic acids is 3. The molecule has 3 rings (SSSR count). The highest BCUT2D eigenvalue weighted by Gasteiger charge is 2.44. The molecular formula is C24H28ClN3O4. The molecule has 0 spiro atoms. The number of hydrazine groups is 1. The van der Waals surface area contributed by atoms with E-state index in [0.717, 1.165) is 24.0 Å². The molecule has 2 aromatic carbocycles. The fraction of sp³-hybridized carbons (Fsp3) is 0.375. The minimum atomic E-state index is -0.608. The molecule has 3 amide bonds. The fourth-order valence-corrected chi connectivity index (χ4v) is 4.01. The van der Waals surface area contributed by atoms with Gasteiger partial charge in [0.15, 0.2) is 0 Å². The van der Waals surface area contributed by atoms with Crippen molar-refractivity contribution in [1.82, 2.24) is 15.8 Å². The van der Waals surface area contributed by atoms with Crippen LogP contribution in [-0.2, 0) is 20.8 Å². The number of unbranched alkanes of at least 4 members (excludes halogenated alkanes) is 1. The van der Waals surface area contributed by atoms with Crippen LogP contribution < -0.4 is 15.6 Å². The van der Waals surface area contributed by atoms with Gasteiger partial charge in [0.25, 0.3) is 0 Å². The number of amides is 3. The van der Waals surface area contributed by atoms with Gasteiger partial charge in [0.05, 0.1) is 25.5 Å². The predicted molar refractivity (Wildman–Crippen MR) is 122 cm³/mol. The van der Waals surface area contributed by atoms with Gasteiger partial charge in [-0.2, -0.15) is 0 Å². The van der Waals surface area contributed by atoms with E-state index in [1.807, 2.05) is 24.3 Å². The maximum atomic E-state index is 13.0. The zero-order chi connectivity index (χ0) is 23.1. The van der Waals surface area contributed by atoms with Gasteiger partial charge in [0.2, 0.25) is 17.7 Å². The quantitative estimate of drug-likeness (QED) is 0.594.